The van der Waals surface area contributed by atoms with Crippen molar-refractivity contribution in [3.63, 3.8) is 0 Å². The van der Waals surface area contributed by atoms with E-state index in [-0.39, 0.29) is 0 Å². The first kappa shape index (κ1) is 9.26. The second-order valence-electron chi connectivity index (χ2n) is 3.45. The highest BCUT2D eigenvalue weighted by Gasteiger charge is 2.03. The molecule has 0 bridgehead atoms. The Hall–Kier alpha value is -0.830. The lowest BCUT2D eigenvalue weighted by molar-refractivity contribution is 0.420. The van der Waals surface area contributed by atoms with Crippen LogP contribution in [0.5, 0.6) is 0 Å². The molecule has 0 aliphatic rings. The Morgan fingerprint density at radius 1 is 1.42 bits per heavy atom. The molecule has 0 aromatic carbocycles. The highest BCUT2D eigenvalue weighted by atomic mass is 15.3. The summed E-state index contributed by atoms with van der Waals surface area (Å²) in [5, 5.41) is 7.56. The van der Waals surface area contributed by atoms with Gasteiger partial charge in [-0.05, 0) is 13.0 Å². The summed E-state index contributed by atoms with van der Waals surface area (Å²) < 4.78 is 1.94. The highest BCUT2D eigenvalue weighted by molar-refractivity contribution is 4.79. The fourth-order valence-electron chi connectivity index (χ4n) is 1.31. The van der Waals surface area contributed by atoms with E-state index in [1.54, 1.807) is 0 Å². The summed E-state index contributed by atoms with van der Waals surface area (Å²) in [6.07, 6.45) is 3.79. The first-order valence-corrected chi connectivity index (χ1v) is 4.42. The van der Waals surface area contributed by atoms with Gasteiger partial charge in [0.2, 0.25) is 0 Å². The SMILES string of the molecule is CC(C)NC(C)Cn1cccn1. The van der Waals surface area contributed by atoms with Gasteiger partial charge in [0.05, 0.1) is 6.54 Å². The van der Waals surface area contributed by atoms with E-state index in [4.69, 9.17) is 0 Å². The molecular formula is C9H17N3. The lowest BCUT2D eigenvalue weighted by atomic mass is 10.3. The molecule has 1 aromatic heterocycles. The van der Waals surface area contributed by atoms with Crippen molar-refractivity contribution in [2.75, 3.05) is 0 Å². The monoisotopic (exact) mass is 167 g/mol. The highest BCUT2D eigenvalue weighted by Crippen LogP contribution is 1.91. The van der Waals surface area contributed by atoms with Crippen LogP contribution in [0.2, 0.25) is 0 Å². The van der Waals surface area contributed by atoms with Gasteiger partial charge in [0.1, 0.15) is 0 Å². The van der Waals surface area contributed by atoms with Crippen molar-refractivity contribution in [2.45, 2.75) is 39.4 Å². The quantitative estimate of drug-likeness (QED) is 0.732. The van der Waals surface area contributed by atoms with Crippen LogP contribution in [0.4, 0.5) is 0 Å². The van der Waals surface area contributed by atoms with E-state index in [0.29, 0.717) is 12.1 Å². The average molecular weight is 167 g/mol. The molecule has 1 unspecified atom stereocenters. The molecule has 0 aliphatic heterocycles. The molecule has 0 saturated heterocycles. The van der Waals surface area contributed by atoms with Crippen molar-refractivity contribution in [1.82, 2.24) is 15.1 Å². The standard InChI is InChI=1S/C9H17N3/c1-8(2)11-9(3)7-12-6-4-5-10-12/h4-6,8-9,11H,7H2,1-3H3. The number of rotatable bonds is 4. The normalized spacial score (nSPS) is 13.7. The first-order valence-electron chi connectivity index (χ1n) is 4.42. The van der Waals surface area contributed by atoms with Crippen molar-refractivity contribution >= 4 is 0 Å². The molecule has 12 heavy (non-hydrogen) atoms. The lowest BCUT2D eigenvalue weighted by Crippen LogP contribution is -2.35. The zero-order chi connectivity index (χ0) is 8.97. The molecule has 68 valence electrons. The molecule has 3 nitrogen and oxygen atoms in total. The molecule has 1 aromatic rings. The Morgan fingerprint density at radius 2 is 2.17 bits per heavy atom. The molecule has 1 N–H and O–H groups in total. The Labute approximate surface area is 73.8 Å². The molecule has 1 heterocycles. The number of hydrogen-bond donors (Lipinski definition) is 1. The lowest BCUT2D eigenvalue weighted by Gasteiger charge is -2.16. The maximum absolute atomic E-state index is 4.14. The van der Waals surface area contributed by atoms with Gasteiger partial charge >= 0.3 is 0 Å². The van der Waals surface area contributed by atoms with Gasteiger partial charge in [-0.2, -0.15) is 5.10 Å². The minimum atomic E-state index is 0.477. The minimum absolute atomic E-state index is 0.477. The van der Waals surface area contributed by atoms with E-state index in [2.05, 4.69) is 31.2 Å². The minimum Gasteiger partial charge on any atom is -0.310 e. The van der Waals surface area contributed by atoms with Crippen LogP contribution in [0.15, 0.2) is 18.5 Å². The molecule has 0 aliphatic carbocycles. The van der Waals surface area contributed by atoms with Crippen molar-refractivity contribution in [3.05, 3.63) is 18.5 Å². The fourth-order valence-corrected chi connectivity index (χ4v) is 1.31. The molecule has 0 spiro atoms. The van der Waals surface area contributed by atoms with E-state index in [0.717, 1.165) is 6.54 Å². The Bertz CT molecular complexity index is 204. The molecule has 1 atom stereocenters. The smallest absolute Gasteiger partial charge is 0.0560 e. The van der Waals surface area contributed by atoms with Gasteiger partial charge in [0, 0.05) is 24.5 Å². The van der Waals surface area contributed by atoms with Crippen LogP contribution in [0.3, 0.4) is 0 Å². The zero-order valence-electron chi connectivity index (χ0n) is 7.99. The molecule has 0 saturated carbocycles. The van der Waals surface area contributed by atoms with Gasteiger partial charge in [-0.1, -0.05) is 13.8 Å². The Morgan fingerprint density at radius 3 is 2.67 bits per heavy atom. The third-order valence-corrected chi connectivity index (χ3v) is 1.64. The van der Waals surface area contributed by atoms with Crippen molar-refractivity contribution in [3.8, 4) is 0 Å². The van der Waals surface area contributed by atoms with Gasteiger partial charge in [0.25, 0.3) is 0 Å². The zero-order valence-corrected chi connectivity index (χ0v) is 7.99. The Kier molecular flexibility index (Phi) is 3.29. The van der Waals surface area contributed by atoms with E-state index >= 15 is 0 Å². The van der Waals surface area contributed by atoms with Crippen molar-refractivity contribution in [1.29, 1.82) is 0 Å². The second-order valence-corrected chi connectivity index (χ2v) is 3.45. The number of aromatic nitrogens is 2. The van der Waals surface area contributed by atoms with E-state index < -0.39 is 0 Å². The van der Waals surface area contributed by atoms with Gasteiger partial charge in [0.15, 0.2) is 0 Å². The fraction of sp³-hybridized carbons (Fsp3) is 0.667. The van der Waals surface area contributed by atoms with Crippen LogP contribution < -0.4 is 5.32 Å². The summed E-state index contributed by atoms with van der Waals surface area (Å²) >= 11 is 0. The number of nitrogens with one attached hydrogen (secondary N) is 1. The van der Waals surface area contributed by atoms with Crippen molar-refractivity contribution in [2.24, 2.45) is 0 Å². The maximum Gasteiger partial charge on any atom is 0.0560 e. The number of nitrogens with zero attached hydrogens (tertiary/aromatic N) is 2. The maximum atomic E-state index is 4.14. The van der Waals surface area contributed by atoms with E-state index in [1.165, 1.54) is 0 Å². The van der Waals surface area contributed by atoms with Gasteiger partial charge < -0.3 is 5.32 Å². The van der Waals surface area contributed by atoms with Crippen molar-refractivity contribution < 1.29 is 0 Å². The van der Waals surface area contributed by atoms with Crippen LogP contribution in [-0.2, 0) is 6.54 Å². The van der Waals surface area contributed by atoms with Crippen LogP contribution >= 0.6 is 0 Å². The molecular weight excluding hydrogens is 150 g/mol. The Balaban J connectivity index is 2.32. The predicted molar refractivity (Wildman–Crippen MR) is 50.0 cm³/mol. The van der Waals surface area contributed by atoms with Crippen LogP contribution in [-0.4, -0.2) is 21.9 Å². The molecule has 0 amide bonds. The van der Waals surface area contributed by atoms with Crippen LogP contribution in [0.25, 0.3) is 0 Å². The predicted octanol–water partition coefficient (Wildman–Crippen LogP) is 1.27. The summed E-state index contributed by atoms with van der Waals surface area (Å²) in [6, 6.07) is 2.96. The first-order chi connectivity index (χ1) is 5.68. The van der Waals surface area contributed by atoms with Crippen LogP contribution in [0.1, 0.15) is 20.8 Å². The largest absolute Gasteiger partial charge is 0.310 e. The number of hydrogen-bond acceptors (Lipinski definition) is 2. The summed E-state index contributed by atoms with van der Waals surface area (Å²) in [4.78, 5) is 0. The topological polar surface area (TPSA) is 29.9 Å². The molecule has 0 fully saturated rings. The van der Waals surface area contributed by atoms with Crippen LogP contribution in [0, 0.1) is 0 Å². The summed E-state index contributed by atoms with van der Waals surface area (Å²) in [7, 11) is 0. The second kappa shape index (κ2) is 4.26. The summed E-state index contributed by atoms with van der Waals surface area (Å²) in [6.45, 7) is 7.41. The van der Waals surface area contributed by atoms with E-state index in [9.17, 15) is 0 Å². The third kappa shape index (κ3) is 3.05. The van der Waals surface area contributed by atoms with Gasteiger partial charge in [-0.3, -0.25) is 4.68 Å². The molecule has 1 rings (SSSR count). The van der Waals surface area contributed by atoms with Gasteiger partial charge in [-0.25, -0.2) is 0 Å². The molecule has 3 heteroatoms. The molecule has 0 radical (unpaired) electrons. The average Bonchev–Trinajstić information content (AvgIpc) is 2.37. The summed E-state index contributed by atoms with van der Waals surface area (Å²) in [5.41, 5.74) is 0. The van der Waals surface area contributed by atoms with E-state index in [1.807, 2.05) is 23.1 Å². The third-order valence-electron chi connectivity index (χ3n) is 1.64. The van der Waals surface area contributed by atoms with Gasteiger partial charge in [-0.15, -0.1) is 0 Å². The summed E-state index contributed by atoms with van der Waals surface area (Å²) in [5.74, 6) is 0.